The van der Waals surface area contributed by atoms with Gasteiger partial charge in [0.2, 0.25) is 5.91 Å². The van der Waals surface area contributed by atoms with Gasteiger partial charge in [-0.05, 0) is 52.2 Å². The lowest BCUT2D eigenvalue weighted by molar-refractivity contribution is -0.131. The van der Waals surface area contributed by atoms with E-state index in [1.807, 2.05) is 56.9 Å². The molecule has 150 valence electrons. The van der Waals surface area contributed by atoms with Gasteiger partial charge in [0.25, 0.3) is 5.95 Å². The second kappa shape index (κ2) is 7.78. The quantitative estimate of drug-likeness (QED) is 0.681. The first kappa shape index (κ1) is 19.3. The van der Waals surface area contributed by atoms with Crippen molar-refractivity contribution in [1.82, 2.24) is 24.6 Å². The first-order valence-corrected chi connectivity index (χ1v) is 10.2. The van der Waals surface area contributed by atoms with Crippen LogP contribution in [0.2, 0.25) is 0 Å². The van der Waals surface area contributed by atoms with Gasteiger partial charge in [-0.25, -0.2) is 14.6 Å². The van der Waals surface area contributed by atoms with Crippen LogP contribution in [0.15, 0.2) is 36.4 Å². The Kier molecular flexibility index (Phi) is 5.18. The third-order valence-electron chi connectivity index (χ3n) is 5.69. The minimum absolute atomic E-state index is 0.156. The van der Waals surface area contributed by atoms with Gasteiger partial charge in [0.15, 0.2) is 0 Å². The van der Waals surface area contributed by atoms with Crippen molar-refractivity contribution in [2.24, 2.45) is 0 Å². The Morgan fingerprint density at radius 1 is 1.07 bits per heavy atom. The molecule has 4 rings (SSSR count). The summed E-state index contributed by atoms with van der Waals surface area (Å²) in [6.45, 7) is 8.65. The molecule has 0 radical (unpaired) electrons. The van der Waals surface area contributed by atoms with E-state index in [9.17, 15) is 4.79 Å². The largest absolute Gasteiger partial charge is 0.335 e. The van der Waals surface area contributed by atoms with Crippen LogP contribution in [0.25, 0.3) is 5.95 Å². The highest BCUT2D eigenvalue weighted by Gasteiger charge is 2.30. The molecule has 1 unspecified atom stereocenters. The number of amides is 1. The number of hydrogen-bond acceptors (Lipinski definition) is 4. The molecule has 6 nitrogen and oxygen atoms in total. The number of carbonyl (C=O) groups is 1. The Balaban J connectivity index is 1.60. The normalized spacial score (nSPS) is 16.4. The molecule has 3 aromatic rings. The average molecular weight is 390 g/mol. The van der Waals surface area contributed by atoms with Gasteiger partial charge in [0, 0.05) is 29.2 Å². The van der Waals surface area contributed by atoms with Gasteiger partial charge in [-0.2, -0.15) is 5.10 Å². The molecule has 0 spiro atoms. The van der Waals surface area contributed by atoms with E-state index in [0.717, 1.165) is 47.7 Å². The molecule has 1 atom stereocenters. The monoisotopic (exact) mass is 389 g/mol. The summed E-state index contributed by atoms with van der Waals surface area (Å²) in [7, 11) is 0. The topological polar surface area (TPSA) is 63.9 Å². The second-order valence-corrected chi connectivity index (χ2v) is 7.84. The van der Waals surface area contributed by atoms with Crippen molar-refractivity contribution in [1.29, 1.82) is 0 Å². The van der Waals surface area contributed by atoms with Gasteiger partial charge < -0.3 is 4.90 Å². The van der Waals surface area contributed by atoms with Crippen LogP contribution < -0.4 is 0 Å². The number of carbonyl (C=O) groups excluding carboxylic acids is 1. The van der Waals surface area contributed by atoms with E-state index in [-0.39, 0.29) is 11.9 Å². The fourth-order valence-corrected chi connectivity index (χ4v) is 4.27. The van der Waals surface area contributed by atoms with Crippen molar-refractivity contribution in [2.75, 3.05) is 6.54 Å². The van der Waals surface area contributed by atoms with Gasteiger partial charge in [-0.15, -0.1) is 0 Å². The number of rotatable bonds is 4. The molecule has 1 aromatic carbocycles. The highest BCUT2D eigenvalue weighted by Crippen LogP contribution is 2.32. The molecule has 0 N–H and O–H groups in total. The van der Waals surface area contributed by atoms with Crippen molar-refractivity contribution in [3.63, 3.8) is 0 Å². The maximum atomic E-state index is 13.2. The highest BCUT2D eigenvalue weighted by molar-refractivity contribution is 5.80. The molecule has 3 heterocycles. The van der Waals surface area contributed by atoms with Crippen molar-refractivity contribution in [3.05, 3.63) is 70.3 Å². The molecule has 1 fully saturated rings. The summed E-state index contributed by atoms with van der Waals surface area (Å²) in [5.74, 6) is 0.716. The lowest BCUT2D eigenvalue weighted by Crippen LogP contribution is -2.32. The van der Waals surface area contributed by atoms with Crippen LogP contribution in [0.5, 0.6) is 0 Å². The number of likely N-dealkylation sites (tertiary alicyclic amines) is 1. The van der Waals surface area contributed by atoms with Crippen molar-refractivity contribution in [2.45, 2.75) is 53.0 Å². The van der Waals surface area contributed by atoms with Crippen LogP contribution in [-0.4, -0.2) is 37.1 Å². The van der Waals surface area contributed by atoms with Gasteiger partial charge in [-0.3, -0.25) is 4.79 Å². The third kappa shape index (κ3) is 3.79. The Hall–Kier alpha value is -3.02. The fraction of sp³-hybridized carbons (Fsp3) is 0.391. The molecule has 1 amide bonds. The highest BCUT2D eigenvalue weighted by atomic mass is 16.2. The minimum Gasteiger partial charge on any atom is -0.335 e. The molecule has 0 aliphatic carbocycles. The van der Waals surface area contributed by atoms with Crippen LogP contribution in [0.1, 0.15) is 52.8 Å². The summed E-state index contributed by atoms with van der Waals surface area (Å²) in [5.41, 5.74) is 5.77. The number of benzene rings is 1. The molecule has 6 heteroatoms. The Labute approximate surface area is 171 Å². The smallest absolute Gasteiger partial charge is 0.251 e. The van der Waals surface area contributed by atoms with E-state index in [0.29, 0.717) is 12.4 Å². The number of nitrogens with zero attached hydrogens (tertiary/aromatic N) is 5. The number of aryl methyl sites for hydroxylation is 3. The van der Waals surface area contributed by atoms with Crippen LogP contribution in [-0.2, 0) is 11.2 Å². The summed E-state index contributed by atoms with van der Waals surface area (Å²) in [5, 5.41) is 4.64. The summed E-state index contributed by atoms with van der Waals surface area (Å²) >= 11 is 0. The van der Waals surface area contributed by atoms with E-state index in [1.165, 1.54) is 5.56 Å². The summed E-state index contributed by atoms with van der Waals surface area (Å²) < 4.78 is 1.76. The first-order chi connectivity index (χ1) is 13.9. The Morgan fingerprint density at radius 2 is 1.76 bits per heavy atom. The minimum atomic E-state index is 0.156. The standard InChI is InChI=1S/C23H27N5O/c1-15-13-16(2)25-23(24-15)28-18(4)20(17(3)26-28)14-22(29)27-12-8-11-21(27)19-9-6-5-7-10-19/h5-7,9-10,13,21H,8,11-12,14H2,1-4H3. The lowest BCUT2D eigenvalue weighted by atomic mass is 10.0. The van der Waals surface area contributed by atoms with Gasteiger partial charge in [0.05, 0.1) is 18.2 Å². The molecular weight excluding hydrogens is 362 g/mol. The van der Waals surface area contributed by atoms with Crippen molar-refractivity contribution < 1.29 is 4.79 Å². The Bertz CT molecular complexity index is 1020. The van der Waals surface area contributed by atoms with Crippen molar-refractivity contribution >= 4 is 5.91 Å². The maximum Gasteiger partial charge on any atom is 0.251 e. The Morgan fingerprint density at radius 3 is 2.45 bits per heavy atom. The van der Waals surface area contributed by atoms with E-state index >= 15 is 0 Å². The summed E-state index contributed by atoms with van der Waals surface area (Å²) in [6, 6.07) is 12.4. The van der Waals surface area contributed by atoms with Crippen LogP contribution in [0.4, 0.5) is 0 Å². The summed E-state index contributed by atoms with van der Waals surface area (Å²) in [6.07, 6.45) is 2.41. The fourth-order valence-electron chi connectivity index (χ4n) is 4.27. The summed E-state index contributed by atoms with van der Waals surface area (Å²) in [4.78, 5) is 24.3. The lowest BCUT2D eigenvalue weighted by Gasteiger charge is -2.25. The molecule has 0 saturated carbocycles. The number of aromatic nitrogens is 4. The van der Waals surface area contributed by atoms with Gasteiger partial charge in [0.1, 0.15) is 0 Å². The van der Waals surface area contributed by atoms with Crippen LogP contribution in [0.3, 0.4) is 0 Å². The molecular formula is C23H27N5O. The maximum absolute atomic E-state index is 13.2. The molecule has 1 aliphatic heterocycles. The molecule has 1 saturated heterocycles. The zero-order valence-electron chi connectivity index (χ0n) is 17.5. The second-order valence-electron chi connectivity index (χ2n) is 7.84. The SMILES string of the molecule is Cc1cc(C)nc(-n2nc(C)c(CC(=O)N3CCCC3c3ccccc3)c2C)n1. The number of hydrogen-bond donors (Lipinski definition) is 0. The van der Waals surface area contributed by atoms with Crippen LogP contribution in [0, 0.1) is 27.7 Å². The zero-order valence-corrected chi connectivity index (χ0v) is 17.5. The third-order valence-corrected chi connectivity index (χ3v) is 5.69. The predicted octanol–water partition coefficient (Wildman–Crippen LogP) is 3.80. The average Bonchev–Trinajstić information content (AvgIpc) is 3.28. The van der Waals surface area contributed by atoms with Crippen LogP contribution >= 0.6 is 0 Å². The molecule has 1 aliphatic rings. The van der Waals surface area contributed by atoms with E-state index in [1.54, 1.807) is 4.68 Å². The van der Waals surface area contributed by atoms with Crippen molar-refractivity contribution in [3.8, 4) is 5.95 Å². The van der Waals surface area contributed by atoms with Gasteiger partial charge in [-0.1, -0.05) is 30.3 Å². The van der Waals surface area contributed by atoms with E-state index < -0.39 is 0 Å². The molecule has 2 aromatic heterocycles. The predicted molar refractivity (Wildman–Crippen MR) is 112 cm³/mol. The molecule has 29 heavy (non-hydrogen) atoms. The van der Waals surface area contributed by atoms with E-state index in [2.05, 4.69) is 27.2 Å². The zero-order chi connectivity index (χ0) is 20.5. The molecule has 0 bridgehead atoms. The van der Waals surface area contributed by atoms with E-state index in [4.69, 9.17) is 0 Å². The van der Waals surface area contributed by atoms with Gasteiger partial charge >= 0.3 is 0 Å². The first-order valence-electron chi connectivity index (χ1n) is 10.2.